The summed E-state index contributed by atoms with van der Waals surface area (Å²) in [5, 5.41) is 5.40. The Morgan fingerprint density at radius 2 is 1.88 bits per heavy atom. The molecule has 1 saturated carbocycles. The average molecular weight is 352 g/mol. The Morgan fingerprint density at radius 3 is 2.50 bits per heavy atom. The molecule has 0 saturated heterocycles. The van der Waals surface area contributed by atoms with E-state index in [0.717, 1.165) is 30.6 Å². The van der Waals surface area contributed by atoms with Gasteiger partial charge in [-0.05, 0) is 31.9 Å². The SMILES string of the molecule is Cc1ccc(C(=O)NCC(=O)OCC(=O)NC2CCCCCC2)s1. The summed E-state index contributed by atoms with van der Waals surface area (Å²) in [4.78, 5) is 36.8. The Hall–Kier alpha value is -1.89. The molecule has 1 fully saturated rings. The van der Waals surface area contributed by atoms with Crippen LogP contribution in [0.4, 0.5) is 0 Å². The highest BCUT2D eigenvalue weighted by molar-refractivity contribution is 7.13. The summed E-state index contributed by atoms with van der Waals surface area (Å²) < 4.78 is 4.91. The van der Waals surface area contributed by atoms with Crippen LogP contribution in [0.25, 0.3) is 0 Å². The molecule has 24 heavy (non-hydrogen) atoms. The molecular formula is C17H24N2O4S. The minimum Gasteiger partial charge on any atom is -0.454 e. The molecule has 0 atom stereocenters. The fraction of sp³-hybridized carbons (Fsp3) is 0.588. The van der Waals surface area contributed by atoms with Crippen molar-refractivity contribution >= 4 is 29.1 Å². The largest absolute Gasteiger partial charge is 0.454 e. The van der Waals surface area contributed by atoms with E-state index in [4.69, 9.17) is 4.74 Å². The molecule has 0 unspecified atom stereocenters. The van der Waals surface area contributed by atoms with E-state index in [1.807, 2.05) is 13.0 Å². The van der Waals surface area contributed by atoms with Gasteiger partial charge in [-0.1, -0.05) is 25.7 Å². The van der Waals surface area contributed by atoms with Gasteiger partial charge in [0.15, 0.2) is 6.61 Å². The van der Waals surface area contributed by atoms with E-state index in [0.29, 0.717) is 4.88 Å². The Bertz CT molecular complexity index is 577. The van der Waals surface area contributed by atoms with Crippen molar-refractivity contribution in [3.8, 4) is 0 Å². The Kier molecular flexibility index (Phi) is 7.24. The van der Waals surface area contributed by atoms with E-state index in [2.05, 4.69) is 10.6 Å². The lowest BCUT2D eigenvalue weighted by atomic mass is 10.1. The molecule has 1 aromatic heterocycles. The van der Waals surface area contributed by atoms with Crippen LogP contribution in [0.1, 0.15) is 53.1 Å². The van der Waals surface area contributed by atoms with Crippen LogP contribution in [-0.4, -0.2) is 37.0 Å². The molecule has 2 N–H and O–H groups in total. The molecule has 6 nitrogen and oxygen atoms in total. The second-order valence-corrected chi connectivity index (χ2v) is 7.30. The van der Waals surface area contributed by atoms with E-state index < -0.39 is 5.97 Å². The Morgan fingerprint density at radius 1 is 1.17 bits per heavy atom. The van der Waals surface area contributed by atoms with Gasteiger partial charge in [-0.2, -0.15) is 0 Å². The molecule has 2 amide bonds. The molecule has 0 spiro atoms. The van der Waals surface area contributed by atoms with E-state index in [1.54, 1.807) is 6.07 Å². The van der Waals surface area contributed by atoms with Crippen LogP contribution >= 0.6 is 11.3 Å². The van der Waals surface area contributed by atoms with Crippen molar-refractivity contribution in [1.82, 2.24) is 10.6 Å². The molecule has 0 bridgehead atoms. The quantitative estimate of drug-likeness (QED) is 0.607. The van der Waals surface area contributed by atoms with Gasteiger partial charge in [0.25, 0.3) is 11.8 Å². The van der Waals surface area contributed by atoms with Crippen molar-refractivity contribution in [2.45, 2.75) is 51.5 Å². The summed E-state index contributed by atoms with van der Waals surface area (Å²) in [6.45, 7) is 1.36. The van der Waals surface area contributed by atoms with Gasteiger partial charge < -0.3 is 15.4 Å². The molecule has 0 aliphatic heterocycles. The van der Waals surface area contributed by atoms with Crippen LogP contribution in [0.2, 0.25) is 0 Å². The van der Waals surface area contributed by atoms with Crippen molar-refractivity contribution in [2.24, 2.45) is 0 Å². The summed E-state index contributed by atoms with van der Waals surface area (Å²) in [7, 11) is 0. The van der Waals surface area contributed by atoms with Gasteiger partial charge in [-0.15, -0.1) is 11.3 Å². The van der Waals surface area contributed by atoms with Crippen molar-refractivity contribution in [3.05, 3.63) is 21.9 Å². The zero-order valence-corrected chi connectivity index (χ0v) is 14.7. The monoisotopic (exact) mass is 352 g/mol. The highest BCUT2D eigenvalue weighted by Gasteiger charge is 2.16. The van der Waals surface area contributed by atoms with Crippen LogP contribution in [0.15, 0.2) is 12.1 Å². The number of ether oxygens (including phenoxy) is 1. The second-order valence-electron chi connectivity index (χ2n) is 6.01. The first kappa shape index (κ1) is 18.4. The van der Waals surface area contributed by atoms with Crippen molar-refractivity contribution in [3.63, 3.8) is 0 Å². The molecule has 1 aliphatic rings. The topological polar surface area (TPSA) is 84.5 Å². The summed E-state index contributed by atoms with van der Waals surface area (Å²) in [6, 6.07) is 3.73. The van der Waals surface area contributed by atoms with Gasteiger partial charge in [0, 0.05) is 10.9 Å². The number of hydrogen-bond acceptors (Lipinski definition) is 5. The number of nitrogens with one attached hydrogen (secondary N) is 2. The molecule has 1 aliphatic carbocycles. The lowest BCUT2D eigenvalue weighted by Gasteiger charge is -2.16. The third-order valence-electron chi connectivity index (χ3n) is 3.94. The van der Waals surface area contributed by atoms with Crippen LogP contribution in [0.5, 0.6) is 0 Å². The number of aryl methyl sites for hydroxylation is 1. The number of thiophene rings is 1. The van der Waals surface area contributed by atoms with Gasteiger partial charge in [0.2, 0.25) is 0 Å². The van der Waals surface area contributed by atoms with Gasteiger partial charge in [0.05, 0.1) is 4.88 Å². The number of esters is 1. The number of carbonyl (C=O) groups excluding carboxylic acids is 3. The van der Waals surface area contributed by atoms with Crippen LogP contribution < -0.4 is 10.6 Å². The Balaban J connectivity index is 1.63. The summed E-state index contributed by atoms with van der Waals surface area (Å²) in [5.74, 6) is -1.21. The van der Waals surface area contributed by atoms with E-state index >= 15 is 0 Å². The summed E-state index contributed by atoms with van der Waals surface area (Å²) in [6.07, 6.45) is 6.64. The lowest BCUT2D eigenvalue weighted by molar-refractivity contribution is -0.147. The number of carbonyl (C=O) groups is 3. The molecule has 0 radical (unpaired) electrons. The second kappa shape index (κ2) is 9.42. The maximum atomic E-state index is 11.8. The molecule has 1 aromatic rings. The first-order valence-electron chi connectivity index (χ1n) is 8.34. The maximum absolute atomic E-state index is 11.8. The highest BCUT2D eigenvalue weighted by atomic mass is 32.1. The zero-order chi connectivity index (χ0) is 17.4. The van der Waals surface area contributed by atoms with Gasteiger partial charge >= 0.3 is 5.97 Å². The van der Waals surface area contributed by atoms with E-state index in [1.165, 1.54) is 24.2 Å². The molecule has 0 aromatic carbocycles. The predicted molar refractivity (Wildman–Crippen MR) is 92.0 cm³/mol. The number of hydrogen-bond donors (Lipinski definition) is 2. The Labute approximate surface area is 146 Å². The molecule has 132 valence electrons. The average Bonchev–Trinajstić information content (AvgIpc) is 2.83. The number of amides is 2. The lowest BCUT2D eigenvalue weighted by Crippen LogP contribution is -2.38. The van der Waals surface area contributed by atoms with Crippen LogP contribution in [-0.2, 0) is 14.3 Å². The molecule has 2 rings (SSSR count). The molecule has 1 heterocycles. The molecule has 7 heteroatoms. The fourth-order valence-electron chi connectivity index (χ4n) is 2.69. The van der Waals surface area contributed by atoms with E-state index in [9.17, 15) is 14.4 Å². The van der Waals surface area contributed by atoms with E-state index in [-0.39, 0.29) is 31.0 Å². The van der Waals surface area contributed by atoms with Crippen molar-refractivity contribution in [1.29, 1.82) is 0 Å². The van der Waals surface area contributed by atoms with Crippen LogP contribution in [0.3, 0.4) is 0 Å². The standard InChI is InChI=1S/C17H24N2O4S/c1-12-8-9-14(24-12)17(22)18-10-16(21)23-11-15(20)19-13-6-4-2-3-5-7-13/h8-9,13H,2-7,10-11H2,1H3,(H,18,22)(H,19,20). The van der Waals surface area contributed by atoms with Crippen LogP contribution in [0, 0.1) is 6.92 Å². The predicted octanol–water partition coefficient (Wildman–Crippen LogP) is 2.17. The highest BCUT2D eigenvalue weighted by Crippen LogP contribution is 2.17. The van der Waals surface area contributed by atoms with Gasteiger partial charge in [-0.3, -0.25) is 14.4 Å². The van der Waals surface area contributed by atoms with Gasteiger partial charge in [-0.25, -0.2) is 0 Å². The van der Waals surface area contributed by atoms with Gasteiger partial charge in [0.1, 0.15) is 6.54 Å². The fourth-order valence-corrected chi connectivity index (χ4v) is 3.47. The minimum absolute atomic E-state index is 0.181. The maximum Gasteiger partial charge on any atom is 0.325 e. The summed E-state index contributed by atoms with van der Waals surface area (Å²) >= 11 is 1.36. The third-order valence-corrected chi connectivity index (χ3v) is 4.94. The first-order valence-corrected chi connectivity index (χ1v) is 9.16. The normalized spacial score (nSPS) is 15.4. The first-order chi connectivity index (χ1) is 11.5. The third kappa shape index (κ3) is 6.31. The van der Waals surface area contributed by atoms with Crippen molar-refractivity contribution < 1.29 is 19.1 Å². The zero-order valence-electron chi connectivity index (χ0n) is 13.9. The molecular weight excluding hydrogens is 328 g/mol. The summed E-state index contributed by atoms with van der Waals surface area (Å²) in [5.41, 5.74) is 0. The smallest absolute Gasteiger partial charge is 0.325 e. The number of rotatable bonds is 6. The van der Waals surface area contributed by atoms with Crippen molar-refractivity contribution in [2.75, 3.05) is 13.2 Å². The minimum atomic E-state index is -0.618.